The molecule has 1 aromatic carbocycles. The van der Waals surface area contributed by atoms with Crippen molar-refractivity contribution in [3.05, 3.63) is 83.3 Å². The lowest BCUT2D eigenvalue weighted by Gasteiger charge is -2.04. The molecule has 1 N–H and O–H groups in total. The van der Waals surface area contributed by atoms with E-state index in [1.165, 1.54) is 0 Å². The molecule has 0 saturated heterocycles. The van der Waals surface area contributed by atoms with E-state index in [1.807, 2.05) is 60.0 Å². The molecule has 0 bridgehead atoms. The summed E-state index contributed by atoms with van der Waals surface area (Å²) >= 11 is 1.54. The number of aromatic nitrogens is 3. The van der Waals surface area contributed by atoms with Crippen LogP contribution in [0.5, 0.6) is 0 Å². The first-order chi connectivity index (χ1) is 14.3. The molecule has 0 fully saturated rings. The number of thiophene rings is 1. The smallest absolute Gasteiger partial charge is 0.227 e. The highest BCUT2D eigenvalue weighted by Gasteiger charge is 2.11. The second-order valence-corrected chi connectivity index (χ2v) is 7.03. The number of hydrogen-bond donors (Lipinski definition) is 1. The Labute approximate surface area is 171 Å². The van der Waals surface area contributed by atoms with Crippen LogP contribution in [-0.4, -0.2) is 21.0 Å². The van der Waals surface area contributed by atoms with E-state index >= 15 is 0 Å². The number of rotatable bonds is 5. The van der Waals surface area contributed by atoms with E-state index in [0.717, 1.165) is 10.4 Å². The van der Waals surface area contributed by atoms with E-state index in [-0.39, 0.29) is 12.3 Å². The predicted octanol–water partition coefficient (Wildman–Crippen LogP) is 4.16. The Morgan fingerprint density at radius 1 is 1.10 bits per heavy atom. The zero-order chi connectivity index (χ0) is 19.9. The lowest BCUT2D eigenvalue weighted by atomic mass is 10.2. The third kappa shape index (κ3) is 5.15. The molecule has 142 valence electrons. The molecule has 4 aromatic rings. The highest BCUT2D eigenvalue weighted by Crippen LogP contribution is 2.21. The van der Waals surface area contributed by atoms with Gasteiger partial charge in [-0.2, -0.15) is 4.98 Å². The van der Waals surface area contributed by atoms with Gasteiger partial charge in [0, 0.05) is 30.3 Å². The summed E-state index contributed by atoms with van der Waals surface area (Å²) < 4.78 is 5.22. The van der Waals surface area contributed by atoms with Crippen molar-refractivity contribution in [1.82, 2.24) is 15.1 Å². The minimum absolute atomic E-state index is 0.129. The Hall–Kier alpha value is -3.76. The summed E-state index contributed by atoms with van der Waals surface area (Å²) in [6, 6.07) is 16.8. The van der Waals surface area contributed by atoms with Crippen molar-refractivity contribution in [1.29, 1.82) is 0 Å². The second kappa shape index (κ2) is 8.95. The Morgan fingerprint density at radius 2 is 2.07 bits per heavy atom. The van der Waals surface area contributed by atoms with E-state index in [0.29, 0.717) is 29.5 Å². The maximum Gasteiger partial charge on any atom is 0.227 e. The molecular weight excluding hydrogens is 384 g/mol. The first-order valence-corrected chi connectivity index (χ1v) is 9.84. The van der Waals surface area contributed by atoms with Crippen molar-refractivity contribution < 1.29 is 9.32 Å². The molecule has 0 aliphatic heterocycles. The number of carbonyl (C=O) groups is 1. The SMILES string of the molecule is O=C(CCc1nc(-c2cccs2)no1)Nc1cccc(C#Cc2ccccn2)c1. The van der Waals surface area contributed by atoms with Crippen LogP contribution >= 0.6 is 11.3 Å². The van der Waals surface area contributed by atoms with Crippen molar-refractivity contribution in [2.24, 2.45) is 0 Å². The van der Waals surface area contributed by atoms with E-state index in [1.54, 1.807) is 17.5 Å². The third-order valence-corrected chi connectivity index (χ3v) is 4.79. The van der Waals surface area contributed by atoms with Crippen LogP contribution in [0.15, 0.2) is 70.7 Å². The monoisotopic (exact) mass is 400 g/mol. The molecular formula is C22H16N4O2S. The van der Waals surface area contributed by atoms with Gasteiger partial charge in [0.15, 0.2) is 0 Å². The molecule has 3 heterocycles. The number of aryl methyl sites for hydroxylation is 1. The van der Waals surface area contributed by atoms with Gasteiger partial charge in [0.1, 0.15) is 5.69 Å². The van der Waals surface area contributed by atoms with Crippen molar-refractivity contribution in [2.75, 3.05) is 5.32 Å². The van der Waals surface area contributed by atoms with E-state index < -0.39 is 0 Å². The van der Waals surface area contributed by atoms with Gasteiger partial charge in [-0.1, -0.05) is 29.3 Å². The van der Waals surface area contributed by atoms with Crippen molar-refractivity contribution in [3.63, 3.8) is 0 Å². The fraction of sp³-hybridized carbons (Fsp3) is 0.0909. The quantitative estimate of drug-likeness (QED) is 0.509. The fourth-order valence-electron chi connectivity index (χ4n) is 2.55. The van der Waals surface area contributed by atoms with Crippen LogP contribution in [0.2, 0.25) is 0 Å². The summed E-state index contributed by atoms with van der Waals surface area (Å²) in [5, 5.41) is 8.78. The molecule has 4 rings (SSSR count). The zero-order valence-electron chi connectivity index (χ0n) is 15.3. The maximum atomic E-state index is 12.3. The van der Waals surface area contributed by atoms with Crippen LogP contribution in [0.3, 0.4) is 0 Å². The Bertz CT molecular complexity index is 1160. The van der Waals surface area contributed by atoms with Crippen LogP contribution in [-0.2, 0) is 11.2 Å². The van der Waals surface area contributed by atoms with Crippen molar-refractivity contribution in [2.45, 2.75) is 12.8 Å². The molecule has 3 aromatic heterocycles. The van der Waals surface area contributed by atoms with Crippen LogP contribution in [0.1, 0.15) is 23.6 Å². The summed E-state index contributed by atoms with van der Waals surface area (Å²) in [5.41, 5.74) is 2.18. The molecule has 0 saturated carbocycles. The molecule has 1 amide bonds. The summed E-state index contributed by atoms with van der Waals surface area (Å²) in [4.78, 5) is 21.7. The Kier molecular flexibility index (Phi) is 5.74. The summed E-state index contributed by atoms with van der Waals surface area (Å²) in [5.74, 6) is 6.92. The van der Waals surface area contributed by atoms with Gasteiger partial charge in [-0.05, 0) is 47.7 Å². The van der Waals surface area contributed by atoms with Gasteiger partial charge in [0.2, 0.25) is 17.6 Å². The lowest BCUT2D eigenvalue weighted by molar-refractivity contribution is -0.116. The van der Waals surface area contributed by atoms with Gasteiger partial charge in [0.25, 0.3) is 0 Å². The van der Waals surface area contributed by atoms with E-state index in [4.69, 9.17) is 4.52 Å². The highest BCUT2D eigenvalue weighted by molar-refractivity contribution is 7.13. The largest absolute Gasteiger partial charge is 0.339 e. The Balaban J connectivity index is 1.33. The van der Waals surface area contributed by atoms with Crippen molar-refractivity contribution in [3.8, 4) is 22.5 Å². The number of hydrogen-bond acceptors (Lipinski definition) is 6. The normalized spacial score (nSPS) is 10.2. The number of nitrogens with one attached hydrogen (secondary N) is 1. The van der Waals surface area contributed by atoms with Gasteiger partial charge in [0.05, 0.1) is 4.88 Å². The third-order valence-electron chi connectivity index (χ3n) is 3.92. The van der Waals surface area contributed by atoms with Crippen LogP contribution < -0.4 is 5.32 Å². The average Bonchev–Trinajstić information content (AvgIpc) is 3.44. The molecule has 0 radical (unpaired) electrons. The first kappa shape index (κ1) is 18.6. The number of nitrogens with zero attached hydrogens (tertiary/aromatic N) is 3. The highest BCUT2D eigenvalue weighted by atomic mass is 32.1. The molecule has 0 aliphatic carbocycles. The van der Waals surface area contributed by atoms with Crippen LogP contribution in [0.4, 0.5) is 5.69 Å². The van der Waals surface area contributed by atoms with Crippen LogP contribution in [0, 0.1) is 11.8 Å². The van der Waals surface area contributed by atoms with Gasteiger partial charge >= 0.3 is 0 Å². The molecule has 0 aliphatic rings. The average molecular weight is 400 g/mol. The lowest BCUT2D eigenvalue weighted by Crippen LogP contribution is -2.12. The standard InChI is InChI=1S/C22H16N4O2S/c27-20(11-12-21-25-22(26-28-21)19-8-4-14-29-19)24-18-7-3-5-16(15-18)9-10-17-6-1-2-13-23-17/h1-8,13-15H,11-12H2,(H,24,27). The van der Waals surface area contributed by atoms with E-state index in [9.17, 15) is 4.79 Å². The maximum absolute atomic E-state index is 12.3. The molecule has 7 heteroatoms. The van der Waals surface area contributed by atoms with Gasteiger partial charge in [-0.25, -0.2) is 4.98 Å². The first-order valence-electron chi connectivity index (χ1n) is 8.96. The minimum Gasteiger partial charge on any atom is -0.339 e. The molecule has 0 atom stereocenters. The second-order valence-electron chi connectivity index (χ2n) is 6.08. The minimum atomic E-state index is -0.129. The predicted molar refractivity (Wildman–Crippen MR) is 111 cm³/mol. The van der Waals surface area contributed by atoms with Gasteiger partial charge in [-0.15, -0.1) is 11.3 Å². The van der Waals surface area contributed by atoms with Crippen molar-refractivity contribution >= 4 is 22.9 Å². The summed E-state index contributed by atoms with van der Waals surface area (Å²) in [6.07, 6.45) is 2.33. The van der Waals surface area contributed by atoms with E-state index in [2.05, 4.69) is 32.3 Å². The molecule has 0 unspecified atom stereocenters. The zero-order valence-corrected chi connectivity index (χ0v) is 16.1. The molecule has 29 heavy (non-hydrogen) atoms. The summed E-state index contributed by atoms with van der Waals surface area (Å²) in [7, 11) is 0. The fourth-order valence-corrected chi connectivity index (χ4v) is 3.20. The van der Waals surface area contributed by atoms with Crippen LogP contribution in [0.25, 0.3) is 10.7 Å². The van der Waals surface area contributed by atoms with Gasteiger partial charge in [-0.3, -0.25) is 4.79 Å². The number of benzene rings is 1. The number of anilines is 1. The molecule has 6 nitrogen and oxygen atoms in total. The Morgan fingerprint density at radius 3 is 2.90 bits per heavy atom. The number of amides is 1. The number of pyridine rings is 1. The molecule has 0 spiro atoms. The summed E-state index contributed by atoms with van der Waals surface area (Å²) in [6.45, 7) is 0. The topological polar surface area (TPSA) is 80.9 Å². The van der Waals surface area contributed by atoms with Gasteiger partial charge < -0.3 is 9.84 Å². The number of carbonyl (C=O) groups excluding carboxylic acids is 1.